The van der Waals surface area contributed by atoms with Crippen LogP contribution in [0.2, 0.25) is 0 Å². The van der Waals surface area contributed by atoms with Crippen LogP contribution in [0.15, 0.2) is 53.7 Å². The minimum absolute atomic E-state index is 0.0160. The zero-order valence-corrected chi connectivity index (χ0v) is 19.6. The number of carboxylic acid groups (broad SMARTS) is 1. The number of benzene rings is 1. The van der Waals surface area contributed by atoms with E-state index in [-0.39, 0.29) is 49.8 Å². The van der Waals surface area contributed by atoms with Crippen LogP contribution in [0.3, 0.4) is 0 Å². The van der Waals surface area contributed by atoms with Gasteiger partial charge in [-0.2, -0.15) is 0 Å². The van der Waals surface area contributed by atoms with Gasteiger partial charge in [-0.25, -0.2) is 13.1 Å². The number of carboxylic acids is 1. The molecule has 1 aliphatic rings. The highest BCUT2D eigenvalue weighted by Crippen LogP contribution is 2.26. The summed E-state index contributed by atoms with van der Waals surface area (Å²) in [5, 5.41) is 16.6. The van der Waals surface area contributed by atoms with Crippen LogP contribution in [-0.2, 0) is 24.4 Å². The standard InChI is InChI=1S/C22H26N6O6S/c23-20(24)15-4-6-17(7-5-15)35(33,34)26-9-2-10-27-11-12-28(22(32)21(27)31)18(13-19(29)30)16-3-1-8-25-14-16/h1,3-8,14,18,26H,2,9-13H2,(H3,23,24)(H,29,30). The van der Waals surface area contributed by atoms with Crippen molar-refractivity contribution in [1.82, 2.24) is 19.5 Å². The molecule has 35 heavy (non-hydrogen) atoms. The molecule has 0 spiro atoms. The number of nitrogen functional groups attached to an aromatic ring is 1. The van der Waals surface area contributed by atoms with Crippen LogP contribution in [0.25, 0.3) is 0 Å². The number of amidine groups is 1. The van der Waals surface area contributed by atoms with Gasteiger partial charge in [-0.3, -0.25) is 24.8 Å². The molecule has 5 N–H and O–H groups in total. The summed E-state index contributed by atoms with van der Waals surface area (Å²) in [6.07, 6.45) is 2.91. The van der Waals surface area contributed by atoms with Crippen LogP contribution in [-0.4, -0.2) is 78.1 Å². The number of nitrogens with one attached hydrogen (secondary N) is 2. The lowest BCUT2D eigenvalue weighted by atomic mass is 10.0. The van der Waals surface area contributed by atoms with Crippen molar-refractivity contribution < 1.29 is 27.9 Å². The van der Waals surface area contributed by atoms with Gasteiger partial charge in [0.15, 0.2) is 0 Å². The first-order chi connectivity index (χ1) is 16.6. The van der Waals surface area contributed by atoms with E-state index in [0.717, 1.165) is 0 Å². The van der Waals surface area contributed by atoms with Crippen LogP contribution in [0.4, 0.5) is 0 Å². The minimum atomic E-state index is -3.79. The molecule has 1 unspecified atom stereocenters. The highest BCUT2D eigenvalue weighted by atomic mass is 32.2. The number of rotatable bonds is 11. The molecular weight excluding hydrogens is 476 g/mol. The molecule has 2 aromatic rings. The van der Waals surface area contributed by atoms with E-state index in [2.05, 4.69) is 9.71 Å². The third kappa shape index (κ3) is 6.39. The zero-order chi connectivity index (χ0) is 25.6. The fraction of sp³-hybridized carbons (Fsp3) is 0.318. The number of aromatic nitrogens is 1. The lowest BCUT2D eigenvalue weighted by molar-refractivity contribution is -0.159. The Morgan fingerprint density at radius 2 is 1.89 bits per heavy atom. The van der Waals surface area contributed by atoms with Crippen LogP contribution in [0.1, 0.15) is 30.0 Å². The van der Waals surface area contributed by atoms with Gasteiger partial charge in [0.2, 0.25) is 10.0 Å². The molecule has 1 atom stereocenters. The number of aliphatic carboxylic acids is 1. The molecule has 12 nitrogen and oxygen atoms in total. The van der Waals surface area contributed by atoms with Gasteiger partial charge in [0.1, 0.15) is 5.84 Å². The van der Waals surface area contributed by atoms with Crippen molar-refractivity contribution in [2.45, 2.75) is 23.8 Å². The predicted octanol–water partition coefficient (Wildman–Crippen LogP) is -0.0791. The van der Waals surface area contributed by atoms with E-state index in [1.165, 1.54) is 46.5 Å². The maximum Gasteiger partial charge on any atom is 0.312 e. The molecule has 0 saturated carbocycles. The normalized spacial score (nSPS) is 15.2. The Labute approximate surface area is 202 Å². The summed E-state index contributed by atoms with van der Waals surface area (Å²) < 4.78 is 27.3. The van der Waals surface area contributed by atoms with Crippen molar-refractivity contribution >= 4 is 33.6 Å². The SMILES string of the molecule is N=C(N)c1ccc(S(=O)(=O)NCCCN2CCN(C(CC(=O)O)c3cccnc3)C(=O)C2=O)cc1. The first-order valence-electron chi connectivity index (χ1n) is 10.8. The van der Waals surface area contributed by atoms with Gasteiger partial charge >= 0.3 is 17.8 Å². The molecular formula is C22H26N6O6S. The molecule has 2 heterocycles. The van der Waals surface area contributed by atoms with Crippen molar-refractivity contribution in [3.63, 3.8) is 0 Å². The Morgan fingerprint density at radius 3 is 2.49 bits per heavy atom. The smallest absolute Gasteiger partial charge is 0.312 e. The number of piperazine rings is 1. The van der Waals surface area contributed by atoms with E-state index in [4.69, 9.17) is 11.1 Å². The average molecular weight is 503 g/mol. The van der Waals surface area contributed by atoms with Crippen molar-refractivity contribution in [2.75, 3.05) is 26.2 Å². The number of carbonyl (C=O) groups excluding carboxylic acids is 2. The van der Waals surface area contributed by atoms with Gasteiger partial charge in [-0.15, -0.1) is 0 Å². The predicted molar refractivity (Wildman–Crippen MR) is 125 cm³/mol. The molecule has 2 amide bonds. The number of nitrogens with two attached hydrogens (primary N) is 1. The maximum atomic E-state index is 12.8. The molecule has 1 aromatic heterocycles. The number of hydrogen-bond acceptors (Lipinski definition) is 7. The van der Waals surface area contributed by atoms with E-state index in [0.29, 0.717) is 11.1 Å². The second-order valence-electron chi connectivity index (χ2n) is 7.88. The molecule has 3 rings (SSSR count). The molecule has 13 heteroatoms. The summed E-state index contributed by atoms with van der Waals surface area (Å²) in [6.45, 7) is 0.530. The summed E-state index contributed by atoms with van der Waals surface area (Å²) in [4.78, 5) is 43.4. The fourth-order valence-electron chi connectivity index (χ4n) is 3.72. The highest BCUT2D eigenvalue weighted by molar-refractivity contribution is 7.89. The monoisotopic (exact) mass is 502 g/mol. The first-order valence-corrected chi connectivity index (χ1v) is 12.2. The number of nitrogens with zero attached hydrogens (tertiary/aromatic N) is 3. The molecule has 186 valence electrons. The van der Waals surface area contributed by atoms with E-state index >= 15 is 0 Å². The number of pyridine rings is 1. The molecule has 0 aliphatic carbocycles. The summed E-state index contributed by atoms with van der Waals surface area (Å²) in [5.41, 5.74) is 6.30. The number of carbonyl (C=O) groups is 3. The molecule has 1 aromatic carbocycles. The Balaban J connectivity index is 1.55. The topological polar surface area (TPSA) is 187 Å². The Hall–Kier alpha value is -3.84. The van der Waals surface area contributed by atoms with Gasteiger partial charge in [0.05, 0.1) is 17.4 Å². The minimum Gasteiger partial charge on any atom is -0.481 e. The van der Waals surface area contributed by atoms with Gasteiger partial charge < -0.3 is 20.6 Å². The quantitative estimate of drug-likeness (QED) is 0.142. The first kappa shape index (κ1) is 25.8. The van der Waals surface area contributed by atoms with Gasteiger partial charge in [-0.05, 0) is 42.3 Å². The number of amides is 2. The van der Waals surface area contributed by atoms with Crippen molar-refractivity contribution in [1.29, 1.82) is 5.41 Å². The Morgan fingerprint density at radius 1 is 1.17 bits per heavy atom. The Bertz CT molecular complexity index is 1200. The van der Waals surface area contributed by atoms with Crippen molar-refractivity contribution in [3.05, 3.63) is 59.9 Å². The molecule has 1 fully saturated rings. The second-order valence-corrected chi connectivity index (χ2v) is 9.65. The average Bonchev–Trinajstić information content (AvgIpc) is 2.83. The summed E-state index contributed by atoms with van der Waals surface area (Å²) in [6, 6.07) is 8.02. The molecule has 1 aliphatic heterocycles. The van der Waals surface area contributed by atoms with Crippen molar-refractivity contribution in [2.24, 2.45) is 5.73 Å². The molecule has 0 bridgehead atoms. The van der Waals surface area contributed by atoms with Crippen LogP contribution in [0, 0.1) is 5.41 Å². The van der Waals surface area contributed by atoms with Gasteiger partial charge in [0, 0.05) is 44.1 Å². The second kappa shape index (κ2) is 11.1. The fourth-order valence-corrected chi connectivity index (χ4v) is 4.79. The van der Waals surface area contributed by atoms with Crippen LogP contribution < -0.4 is 10.5 Å². The zero-order valence-electron chi connectivity index (χ0n) is 18.8. The number of hydrogen-bond donors (Lipinski definition) is 4. The lowest BCUT2D eigenvalue weighted by Crippen LogP contribution is -2.55. The van der Waals surface area contributed by atoms with Crippen LogP contribution in [0.5, 0.6) is 0 Å². The number of sulfonamides is 1. The summed E-state index contributed by atoms with van der Waals surface area (Å²) in [5.74, 6) is -2.85. The lowest BCUT2D eigenvalue weighted by Gasteiger charge is -2.38. The third-order valence-electron chi connectivity index (χ3n) is 5.53. The van der Waals surface area contributed by atoms with E-state index in [9.17, 15) is 27.9 Å². The van der Waals surface area contributed by atoms with E-state index < -0.39 is 33.8 Å². The maximum absolute atomic E-state index is 12.8. The highest BCUT2D eigenvalue weighted by Gasteiger charge is 2.37. The van der Waals surface area contributed by atoms with E-state index in [1.54, 1.807) is 12.1 Å². The molecule has 0 radical (unpaired) electrons. The third-order valence-corrected chi connectivity index (χ3v) is 7.00. The van der Waals surface area contributed by atoms with Gasteiger partial charge in [-0.1, -0.05) is 6.07 Å². The van der Waals surface area contributed by atoms with Crippen molar-refractivity contribution in [3.8, 4) is 0 Å². The largest absolute Gasteiger partial charge is 0.481 e. The summed E-state index contributed by atoms with van der Waals surface area (Å²) in [7, 11) is -3.79. The van der Waals surface area contributed by atoms with E-state index in [1.807, 2.05) is 0 Å². The summed E-state index contributed by atoms with van der Waals surface area (Å²) >= 11 is 0. The van der Waals surface area contributed by atoms with Crippen LogP contribution >= 0.6 is 0 Å². The Kier molecular flexibility index (Phi) is 8.14. The van der Waals surface area contributed by atoms with Gasteiger partial charge in [0.25, 0.3) is 0 Å². The molecule has 1 saturated heterocycles.